The minimum atomic E-state index is 0.0667. The van der Waals surface area contributed by atoms with Gasteiger partial charge in [-0.3, -0.25) is 4.79 Å². The number of aromatic nitrogens is 1. The van der Waals surface area contributed by atoms with E-state index in [1.807, 2.05) is 26.2 Å². The van der Waals surface area contributed by atoms with Crippen molar-refractivity contribution in [3.05, 3.63) is 34.2 Å². The predicted octanol–water partition coefficient (Wildman–Crippen LogP) is 1.10. The van der Waals surface area contributed by atoms with E-state index in [-0.39, 0.29) is 5.56 Å². The number of nitrogens with zero attached hydrogens (tertiary/aromatic N) is 1. The molecular formula is C11H18N2O. The summed E-state index contributed by atoms with van der Waals surface area (Å²) in [5.41, 5.74) is 1.17. The van der Waals surface area contributed by atoms with E-state index < -0.39 is 0 Å². The molecule has 1 aromatic rings. The Morgan fingerprint density at radius 1 is 1.50 bits per heavy atom. The fourth-order valence-corrected chi connectivity index (χ4v) is 1.69. The molecule has 0 aliphatic heterocycles. The van der Waals surface area contributed by atoms with E-state index in [9.17, 15) is 4.79 Å². The second-order valence-corrected chi connectivity index (χ2v) is 3.51. The summed E-state index contributed by atoms with van der Waals surface area (Å²) < 4.78 is 1.73. The van der Waals surface area contributed by atoms with Crippen LogP contribution in [0, 0.1) is 0 Å². The van der Waals surface area contributed by atoms with Gasteiger partial charge in [0.15, 0.2) is 0 Å². The molecule has 0 spiro atoms. The first kappa shape index (κ1) is 11.0. The second kappa shape index (κ2) is 4.96. The summed E-state index contributed by atoms with van der Waals surface area (Å²) in [6, 6.07) is 5.44. The molecule has 14 heavy (non-hydrogen) atoms. The Morgan fingerprint density at radius 3 is 2.79 bits per heavy atom. The summed E-state index contributed by atoms with van der Waals surface area (Å²) in [6.07, 6.45) is 1.04. The summed E-state index contributed by atoms with van der Waals surface area (Å²) in [5, 5.41) is 3.15. The van der Waals surface area contributed by atoms with E-state index >= 15 is 0 Å². The van der Waals surface area contributed by atoms with Gasteiger partial charge < -0.3 is 9.88 Å². The van der Waals surface area contributed by atoms with Crippen molar-refractivity contribution in [3.8, 4) is 0 Å². The van der Waals surface area contributed by atoms with Gasteiger partial charge in [-0.15, -0.1) is 0 Å². The van der Waals surface area contributed by atoms with Gasteiger partial charge in [-0.2, -0.15) is 0 Å². The van der Waals surface area contributed by atoms with Crippen molar-refractivity contribution in [1.82, 2.24) is 9.88 Å². The predicted molar refractivity (Wildman–Crippen MR) is 58.6 cm³/mol. The zero-order chi connectivity index (χ0) is 10.6. The van der Waals surface area contributed by atoms with Gasteiger partial charge >= 0.3 is 0 Å². The van der Waals surface area contributed by atoms with Crippen LogP contribution < -0.4 is 10.9 Å². The third-order valence-electron chi connectivity index (χ3n) is 2.59. The van der Waals surface area contributed by atoms with Crippen LogP contribution in [0.2, 0.25) is 0 Å². The Bertz CT molecular complexity index is 343. The number of hydrogen-bond donors (Lipinski definition) is 1. The molecule has 78 valence electrons. The van der Waals surface area contributed by atoms with Crippen LogP contribution in [0.1, 0.15) is 25.0 Å². The molecule has 1 atom stereocenters. The Morgan fingerprint density at radius 2 is 2.21 bits per heavy atom. The Kier molecular flexibility index (Phi) is 3.89. The Hall–Kier alpha value is -1.09. The number of likely N-dealkylation sites (N-methyl/N-ethyl adjacent to an activating group) is 1. The summed E-state index contributed by atoms with van der Waals surface area (Å²) in [7, 11) is 3.76. The SMILES string of the molecule is CCC(CNC)c1cccc(=O)n1C. The van der Waals surface area contributed by atoms with Crippen molar-refractivity contribution in [2.45, 2.75) is 19.3 Å². The van der Waals surface area contributed by atoms with Gasteiger partial charge in [0.2, 0.25) is 5.56 Å². The maximum atomic E-state index is 11.4. The first-order valence-corrected chi connectivity index (χ1v) is 5.01. The molecule has 0 amide bonds. The summed E-state index contributed by atoms with van der Waals surface area (Å²) in [5.74, 6) is 0.416. The third kappa shape index (κ3) is 2.23. The normalized spacial score (nSPS) is 12.8. The van der Waals surface area contributed by atoms with Gasteiger partial charge in [0.05, 0.1) is 0 Å². The molecular weight excluding hydrogens is 176 g/mol. The fraction of sp³-hybridized carbons (Fsp3) is 0.545. The molecule has 0 aliphatic rings. The van der Waals surface area contributed by atoms with E-state index in [0.29, 0.717) is 5.92 Å². The van der Waals surface area contributed by atoms with Crippen LogP contribution >= 0.6 is 0 Å². The highest BCUT2D eigenvalue weighted by molar-refractivity contribution is 5.12. The lowest BCUT2D eigenvalue weighted by molar-refractivity contribution is 0.567. The van der Waals surface area contributed by atoms with Crippen LogP contribution in [-0.4, -0.2) is 18.2 Å². The van der Waals surface area contributed by atoms with Crippen LogP contribution in [0.4, 0.5) is 0 Å². The van der Waals surface area contributed by atoms with Crippen LogP contribution in [0.25, 0.3) is 0 Å². The number of nitrogens with one attached hydrogen (secondary N) is 1. The van der Waals surface area contributed by atoms with Gasteiger partial charge in [-0.25, -0.2) is 0 Å². The molecule has 1 unspecified atom stereocenters. The number of pyridine rings is 1. The zero-order valence-corrected chi connectivity index (χ0v) is 9.08. The third-order valence-corrected chi connectivity index (χ3v) is 2.59. The first-order valence-electron chi connectivity index (χ1n) is 5.01. The highest BCUT2D eigenvalue weighted by Crippen LogP contribution is 2.15. The molecule has 0 bridgehead atoms. The van der Waals surface area contributed by atoms with Crippen molar-refractivity contribution >= 4 is 0 Å². The topological polar surface area (TPSA) is 34.0 Å². The monoisotopic (exact) mass is 194 g/mol. The van der Waals surface area contributed by atoms with E-state index in [0.717, 1.165) is 18.7 Å². The van der Waals surface area contributed by atoms with Gasteiger partial charge in [-0.1, -0.05) is 13.0 Å². The van der Waals surface area contributed by atoms with E-state index in [4.69, 9.17) is 0 Å². The first-order chi connectivity index (χ1) is 6.70. The molecule has 3 heteroatoms. The number of hydrogen-bond acceptors (Lipinski definition) is 2. The Balaban J connectivity index is 3.03. The van der Waals surface area contributed by atoms with Crippen molar-refractivity contribution in [2.24, 2.45) is 7.05 Å². The average Bonchev–Trinajstić information content (AvgIpc) is 2.19. The van der Waals surface area contributed by atoms with Gasteiger partial charge in [-0.05, 0) is 19.5 Å². The minimum Gasteiger partial charge on any atom is -0.319 e. The highest BCUT2D eigenvalue weighted by atomic mass is 16.1. The van der Waals surface area contributed by atoms with E-state index in [2.05, 4.69) is 12.2 Å². The van der Waals surface area contributed by atoms with Crippen molar-refractivity contribution in [3.63, 3.8) is 0 Å². The summed E-state index contributed by atoms with van der Waals surface area (Å²) in [6.45, 7) is 3.05. The van der Waals surface area contributed by atoms with Gasteiger partial charge in [0.1, 0.15) is 0 Å². The maximum absolute atomic E-state index is 11.4. The molecule has 1 N–H and O–H groups in total. The smallest absolute Gasteiger partial charge is 0.250 e. The molecule has 0 fully saturated rings. The molecule has 0 radical (unpaired) electrons. The van der Waals surface area contributed by atoms with Gasteiger partial charge in [0.25, 0.3) is 0 Å². The Labute approximate surface area is 84.8 Å². The van der Waals surface area contributed by atoms with E-state index in [1.165, 1.54) is 0 Å². The quantitative estimate of drug-likeness (QED) is 0.778. The summed E-state index contributed by atoms with van der Waals surface area (Å²) in [4.78, 5) is 11.4. The standard InChI is InChI=1S/C11H18N2O/c1-4-9(8-12-2)10-6-5-7-11(14)13(10)3/h5-7,9,12H,4,8H2,1-3H3. The second-order valence-electron chi connectivity index (χ2n) is 3.51. The van der Waals surface area contributed by atoms with Crippen molar-refractivity contribution < 1.29 is 0 Å². The molecule has 1 heterocycles. The fourth-order valence-electron chi connectivity index (χ4n) is 1.69. The van der Waals surface area contributed by atoms with Crippen LogP contribution in [0.5, 0.6) is 0 Å². The average molecular weight is 194 g/mol. The molecule has 1 aromatic heterocycles. The largest absolute Gasteiger partial charge is 0.319 e. The maximum Gasteiger partial charge on any atom is 0.250 e. The molecule has 3 nitrogen and oxygen atoms in total. The number of rotatable bonds is 4. The van der Waals surface area contributed by atoms with Gasteiger partial charge in [0, 0.05) is 31.3 Å². The summed E-state index contributed by atoms with van der Waals surface area (Å²) >= 11 is 0. The molecule has 0 aromatic carbocycles. The van der Waals surface area contributed by atoms with Crippen molar-refractivity contribution in [1.29, 1.82) is 0 Å². The lowest BCUT2D eigenvalue weighted by Crippen LogP contribution is -2.25. The van der Waals surface area contributed by atoms with Crippen LogP contribution in [0.15, 0.2) is 23.0 Å². The zero-order valence-electron chi connectivity index (χ0n) is 9.08. The molecule has 0 saturated carbocycles. The van der Waals surface area contributed by atoms with E-state index in [1.54, 1.807) is 10.6 Å². The lowest BCUT2D eigenvalue weighted by Gasteiger charge is -2.17. The van der Waals surface area contributed by atoms with Crippen LogP contribution in [0.3, 0.4) is 0 Å². The van der Waals surface area contributed by atoms with Crippen molar-refractivity contribution in [2.75, 3.05) is 13.6 Å². The lowest BCUT2D eigenvalue weighted by atomic mass is 10.0. The molecule has 0 aliphatic carbocycles. The van der Waals surface area contributed by atoms with Crippen LogP contribution in [-0.2, 0) is 7.05 Å². The molecule has 0 saturated heterocycles. The molecule has 1 rings (SSSR count). The minimum absolute atomic E-state index is 0.0667. The highest BCUT2D eigenvalue weighted by Gasteiger charge is 2.10.